The van der Waals surface area contributed by atoms with E-state index in [-0.39, 0.29) is 0 Å². The first-order chi connectivity index (χ1) is 9.12. The van der Waals surface area contributed by atoms with Crippen LogP contribution in [0.1, 0.15) is 51.8 Å². The maximum absolute atomic E-state index is 3.61. The normalized spacial score (nSPS) is 13.2. The van der Waals surface area contributed by atoms with Crippen molar-refractivity contribution < 1.29 is 0 Å². The van der Waals surface area contributed by atoms with Gasteiger partial charge in [-0.05, 0) is 44.5 Å². The molecule has 0 radical (unpaired) electrons. The number of nitrogens with one attached hydrogen (secondary N) is 1. The molecule has 1 aromatic rings. The second kappa shape index (κ2) is 8.34. The zero-order valence-electron chi connectivity index (χ0n) is 13.2. The van der Waals surface area contributed by atoms with Gasteiger partial charge in [0.25, 0.3) is 0 Å². The third-order valence-corrected chi connectivity index (χ3v) is 3.79. The summed E-state index contributed by atoms with van der Waals surface area (Å²) in [7, 11) is 0. The summed E-state index contributed by atoms with van der Waals surface area (Å²) in [6.07, 6.45) is 1.11. The number of nitrogens with zero attached hydrogens (tertiary/aromatic N) is 1. The van der Waals surface area contributed by atoms with Crippen molar-refractivity contribution >= 4 is 0 Å². The predicted molar refractivity (Wildman–Crippen MR) is 84.6 cm³/mol. The van der Waals surface area contributed by atoms with Crippen molar-refractivity contribution in [1.82, 2.24) is 10.2 Å². The SMILES string of the molecule is CCNC(CN(CC)C(C)C)c1ccc(CC)cc1. The van der Waals surface area contributed by atoms with Crippen molar-refractivity contribution in [3.05, 3.63) is 35.4 Å². The van der Waals surface area contributed by atoms with Gasteiger partial charge in [-0.15, -0.1) is 0 Å². The third kappa shape index (κ3) is 4.96. The van der Waals surface area contributed by atoms with Crippen molar-refractivity contribution in [2.45, 2.75) is 53.1 Å². The van der Waals surface area contributed by atoms with E-state index in [9.17, 15) is 0 Å². The highest BCUT2D eigenvalue weighted by molar-refractivity contribution is 5.25. The van der Waals surface area contributed by atoms with E-state index >= 15 is 0 Å². The molecule has 108 valence electrons. The number of benzene rings is 1. The van der Waals surface area contributed by atoms with Crippen LogP contribution in [0.4, 0.5) is 0 Å². The Kier molecular flexibility index (Phi) is 7.11. The fraction of sp³-hybridized carbons (Fsp3) is 0.647. The lowest BCUT2D eigenvalue weighted by Gasteiger charge is -2.30. The molecule has 0 saturated heterocycles. The topological polar surface area (TPSA) is 15.3 Å². The average molecular weight is 262 g/mol. The molecule has 2 nitrogen and oxygen atoms in total. The Morgan fingerprint density at radius 2 is 1.68 bits per heavy atom. The van der Waals surface area contributed by atoms with Crippen molar-refractivity contribution in [2.24, 2.45) is 0 Å². The highest BCUT2D eigenvalue weighted by Crippen LogP contribution is 2.17. The Morgan fingerprint density at radius 1 is 1.05 bits per heavy atom. The molecule has 0 aliphatic rings. The quantitative estimate of drug-likeness (QED) is 0.769. The standard InChI is InChI=1S/C17H30N2/c1-6-15-9-11-16(12-10-15)17(18-7-2)13-19(8-3)14(4)5/h9-12,14,17-18H,6-8,13H2,1-5H3. The molecule has 1 rings (SSSR count). The van der Waals surface area contributed by atoms with Crippen LogP contribution < -0.4 is 5.32 Å². The Hall–Kier alpha value is -0.860. The summed E-state index contributed by atoms with van der Waals surface area (Å²) in [6.45, 7) is 14.4. The van der Waals surface area contributed by atoms with E-state index in [1.807, 2.05) is 0 Å². The van der Waals surface area contributed by atoms with E-state index in [1.165, 1.54) is 11.1 Å². The van der Waals surface area contributed by atoms with Gasteiger partial charge in [-0.25, -0.2) is 0 Å². The van der Waals surface area contributed by atoms with Gasteiger partial charge in [-0.2, -0.15) is 0 Å². The summed E-state index contributed by atoms with van der Waals surface area (Å²) in [5.41, 5.74) is 2.81. The molecule has 0 heterocycles. The van der Waals surface area contributed by atoms with Crippen molar-refractivity contribution in [2.75, 3.05) is 19.6 Å². The number of rotatable bonds is 8. The number of aryl methyl sites for hydroxylation is 1. The first-order valence-electron chi connectivity index (χ1n) is 7.68. The summed E-state index contributed by atoms with van der Waals surface area (Å²) in [5, 5.41) is 3.61. The van der Waals surface area contributed by atoms with Crippen molar-refractivity contribution in [3.63, 3.8) is 0 Å². The molecule has 0 aliphatic carbocycles. The summed E-state index contributed by atoms with van der Waals surface area (Å²) in [6, 6.07) is 10.1. The summed E-state index contributed by atoms with van der Waals surface area (Å²) < 4.78 is 0. The van der Waals surface area contributed by atoms with Gasteiger partial charge in [-0.1, -0.05) is 45.0 Å². The van der Waals surface area contributed by atoms with Crippen LogP contribution in [0.25, 0.3) is 0 Å². The Morgan fingerprint density at radius 3 is 2.11 bits per heavy atom. The van der Waals surface area contributed by atoms with E-state index in [4.69, 9.17) is 0 Å². The number of likely N-dealkylation sites (N-methyl/N-ethyl adjacent to an activating group) is 2. The summed E-state index contributed by atoms with van der Waals surface area (Å²) in [4.78, 5) is 2.51. The van der Waals surface area contributed by atoms with Crippen LogP contribution in [0, 0.1) is 0 Å². The van der Waals surface area contributed by atoms with Gasteiger partial charge in [0.2, 0.25) is 0 Å². The van der Waals surface area contributed by atoms with E-state index in [0.717, 1.165) is 26.1 Å². The van der Waals surface area contributed by atoms with Crippen LogP contribution in [0.15, 0.2) is 24.3 Å². The van der Waals surface area contributed by atoms with Crippen molar-refractivity contribution in [3.8, 4) is 0 Å². The predicted octanol–water partition coefficient (Wildman–Crippen LogP) is 3.63. The second-order valence-electron chi connectivity index (χ2n) is 5.39. The second-order valence-corrected chi connectivity index (χ2v) is 5.39. The van der Waals surface area contributed by atoms with Crippen LogP contribution in [0.5, 0.6) is 0 Å². The van der Waals surface area contributed by atoms with Gasteiger partial charge in [0, 0.05) is 18.6 Å². The van der Waals surface area contributed by atoms with Crippen LogP contribution in [-0.4, -0.2) is 30.6 Å². The highest BCUT2D eigenvalue weighted by Gasteiger charge is 2.16. The Bertz CT molecular complexity index is 343. The minimum Gasteiger partial charge on any atom is -0.309 e. The van der Waals surface area contributed by atoms with E-state index < -0.39 is 0 Å². The van der Waals surface area contributed by atoms with Crippen LogP contribution >= 0.6 is 0 Å². The van der Waals surface area contributed by atoms with E-state index in [0.29, 0.717) is 12.1 Å². The molecule has 0 saturated carbocycles. The van der Waals surface area contributed by atoms with Crippen LogP contribution in [0.2, 0.25) is 0 Å². The zero-order valence-corrected chi connectivity index (χ0v) is 13.2. The van der Waals surface area contributed by atoms with Gasteiger partial charge in [0.05, 0.1) is 0 Å². The van der Waals surface area contributed by atoms with Crippen LogP contribution in [0.3, 0.4) is 0 Å². The molecule has 0 fully saturated rings. The molecule has 2 heteroatoms. The lowest BCUT2D eigenvalue weighted by Crippen LogP contribution is -2.39. The molecular weight excluding hydrogens is 232 g/mol. The first-order valence-corrected chi connectivity index (χ1v) is 7.68. The lowest BCUT2D eigenvalue weighted by atomic mass is 10.0. The minimum absolute atomic E-state index is 0.429. The average Bonchev–Trinajstić information content (AvgIpc) is 2.43. The fourth-order valence-corrected chi connectivity index (χ4v) is 2.46. The molecule has 1 N–H and O–H groups in total. The Balaban J connectivity index is 2.80. The van der Waals surface area contributed by atoms with Crippen molar-refractivity contribution in [1.29, 1.82) is 0 Å². The van der Waals surface area contributed by atoms with Gasteiger partial charge in [0.1, 0.15) is 0 Å². The van der Waals surface area contributed by atoms with Gasteiger partial charge < -0.3 is 5.32 Å². The molecule has 0 amide bonds. The van der Waals surface area contributed by atoms with E-state index in [2.05, 4.69) is 69.1 Å². The molecule has 1 atom stereocenters. The summed E-state index contributed by atoms with van der Waals surface area (Å²) >= 11 is 0. The van der Waals surface area contributed by atoms with Gasteiger partial charge >= 0.3 is 0 Å². The van der Waals surface area contributed by atoms with Gasteiger partial charge in [0.15, 0.2) is 0 Å². The molecule has 1 aromatic carbocycles. The molecular formula is C17H30N2. The smallest absolute Gasteiger partial charge is 0.0449 e. The molecule has 0 aromatic heterocycles. The Labute approximate surface area is 119 Å². The fourth-order valence-electron chi connectivity index (χ4n) is 2.46. The number of hydrogen-bond donors (Lipinski definition) is 1. The molecule has 0 spiro atoms. The summed E-state index contributed by atoms with van der Waals surface area (Å²) in [5.74, 6) is 0. The maximum Gasteiger partial charge on any atom is 0.0449 e. The highest BCUT2D eigenvalue weighted by atomic mass is 15.2. The van der Waals surface area contributed by atoms with E-state index in [1.54, 1.807) is 0 Å². The lowest BCUT2D eigenvalue weighted by molar-refractivity contribution is 0.208. The number of hydrogen-bond acceptors (Lipinski definition) is 2. The molecule has 1 unspecified atom stereocenters. The monoisotopic (exact) mass is 262 g/mol. The first kappa shape index (κ1) is 16.2. The molecule has 0 aliphatic heterocycles. The zero-order chi connectivity index (χ0) is 14.3. The molecule has 0 bridgehead atoms. The third-order valence-electron chi connectivity index (χ3n) is 3.79. The minimum atomic E-state index is 0.429. The van der Waals surface area contributed by atoms with Crippen LogP contribution in [-0.2, 0) is 6.42 Å². The molecule has 19 heavy (non-hydrogen) atoms. The maximum atomic E-state index is 3.61. The van der Waals surface area contributed by atoms with Gasteiger partial charge in [-0.3, -0.25) is 4.90 Å². The largest absolute Gasteiger partial charge is 0.309 e.